The van der Waals surface area contributed by atoms with E-state index in [4.69, 9.17) is 0 Å². The third kappa shape index (κ3) is 4.19. The molecule has 0 fully saturated rings. The van der Waals surface area contributed by atoms with Crippen molar-refractivity contribution in [1.29, 1.82) is 0 Å². The Morgan fingerprint density at radius 1 is 1.17 bits per heavy atom. The van der Waals surface area contributed by atoms with Crippen molar-refractivity contribution < 1.29 is 8.42 Å². The monoisotopic (exact) mass is 429 g/mol. The summed E-state index contributed by atoms with van der Waals surface area (Å²) in [5, 5.41) is 8.82. The van der Waals surface area contributed by atoms with Gasteiger partial charge in [0.2, 0.25) is 10.0 Å². The van der Waals surface area contributed by atoms with E-state index in [9.17, 15) is 13.2 Å². The predicted molar refractivity (Wildman–Crippen MR) is 115 cm³/mol. The summed E-state index contributed by atoms with van der Waals surface area (Å²) in [6.07, 6.45) is 4.18. The first-order valence-electron chi connectivity index (χ1n) is 9.69. The van der Waals surface area contributed by atoms with Gasteiger partial charge in [0, 0.05) is 22.5 Å². The van der Waals surface area contributed by atoms with Gasteiger partial charge in [-0.2, -0.15) is 5.10 Å². The lowest BCUT2D eigenvalue weighted by atomic mass is 9.90. The van der Waals surface area contributed by atoms with E-state index in [1.54, 1.807) is 30.4 Å². The third-order valence-corrected chi connectivity index (χ3v) is 7.83. The zero-order valence-corrected chi connectivity index (χ0v) is 17.8. The lowest BCUT2D eigenvalue weighted by Gasteiger charge is -2.18. The number of nitrogens with one attached hydrogen (secondary N) is 2. The van der Waals surface area contributed by atoms with Crippen molar-refractivity contribution in [2.75, 3.05) is 6.54 Å². The molecule has 6 nitrogen and oxygen atoms in total. The predicted octanol–water partition coefficient (Wildman–Crippen LogP) is 3.21. The molecule has 8 heteroatoms. The summed E-state index contributed by atoms with van der Waals surface area (Å²) in [6.45, 7) is 2.13. The van der Waals surface area contributed by atoms with Crippen LogP contribution in [0.3, 0.4) is 0 Å². The summed E-state index contributed by atoms with van der Waals surface area (Å²) in [6, 6.07) is 9.29. The number of benzene rings is 1. The third-order valence-electron chi connectivity index (χ3n) is 5.29. The number of aromatic nitrogens is 2. The molecule has 1 aromatic carbocycles. The van der Waals surface area contributed by atoms with E-state index < -0.39 is 10.0 Å². The van der Waals surface area contributed by atoms with E-state index in [-0.39, 0.29) is 10.5 Å². The maximum atomic E-state index is 12.9. The summed E-state index contributed by atoms with van der Waals surface area (Å²) in [5.41, 5.74) is 3.64. The van der Waals surface area contributed by atoms with Gasteiger partial charge in [-0.05, 0) is 67.7 Å². The van der Waals surface area contributed by atoms with Crippen LogP contribution >= 0.6 is 11.3 Å². The number of H-pyrrole nitrogens is 1. The van der Waals surface area contributed by atoms with Crippen molar-refractivity contribution in [3.05, 3.63) is 67.6 Å². The summed E-state index contributed by atoms with van der Waals surface area (Å²) in [5.74, 6) is 0. The number of aromatic amines is 1. The van der Waals surface area contributed by atoms with E-state index in [0.717, 1.165) is 41.7 Å². The minimum Gasteiger partial charge on any atom is -0.268 e. The fourth-order valence-corrected chi connectivity index (χ4v) is 5.79. The van der Waals surface area contributed by atoms with E-state index >= 15 is 0 Å². The zero-order valence-electron chi connectivity index (χ0n) is 16.2. The van der Waals surface area contributed by atoms with Crippen molar-refractivity contribution in [2.45, 2.75) is 43.9 Å². The fraction of sp³-hybridized carbons (Fsp3) is 0.333. The summed E-state index contributed by atoms with van der Waals surface area (Å²) >= 11 is 1.61. The van der Waals surface area contributed by atoms with Crippen LogP contribution < -0.4 is 10.3 Å². The minimum absolute atomic E-state index is 0.140. The fourth-order valence-electron chi connectivity index (χ4n) is 3.78. The van der Waals surface area contributed by atoms with E-state index in [1.165, 1.54) is 0 Å². The Morgan fingerprint density at radius 2 is 1.97 bits per heavy atom. The van der Waals surface area contributed by atoms with Crippen LogP contribution in [-0.2, 0) is 29.3 Å². The van der Waals surface area contributed by atoms with Gasteiger partial charge in [-0.25, -0.2) is 18.2 Å². The minimum atomic E-state index is -3.65. The molecule has 0 aliphatic heterocycles. The second-order valence-corrected chi connectivity index (χ2v) is 10.0. The topological polar surface area (TPSA) is 91.9 Å². The molecule has 0 unspecified atom stereocenters. The molecule has 0 bridgehead atoms. The van der Waals surface area contributed by atoms with Crippen LogP contribution in [0.5, 0.6) is 0 Å². The summed E-state index contributed by atoms with van der Waals surface area (Å²) in [4.78, 5) is 13.5. The molecular weight excluding hydrogens is 406 g/mol. The Hall–Kier alpha value is -2.29. The highest BCUT2D eigenvalue weighted by Crippen LogP contribution is 2.30. The quantitative estimate of drug-likeness (QED) is 0.629. The van der Waals surface area contributed by atoms with Gasteiger partial charge < -0.3 is 0 Å². The molecule has 0 radical (unpaired) electrons. The molecule has 0 amide bonds. The number of rotatable bonds is 6. The highest BCUT2D eigenvalue weighted by molar-refractivity contribution is 7.89. The SMILES string of the molecule is Cc1ccc(-c2n[nH]c(=O)c3c2CCCC3)cc1S(=O)(=O)NCCc1cccs1. The van der Waals surface area contributed by atoms with Crippen LogP contribution in [0.25, 0.3) is 11.3 Å². The molecule has 2 N–H and O–H groups in total. The maximum absolute atomic E-state index is 12.9. The van der Waals surface area contributed by atoms with Crippen LogP contribution in [0, 0.1) is 6.92 Å². The number of hydrogen-bond donors (Lipinski definition) is 2. The Kier molecular flexibility index (Phi) is 5.67. The van der Waals surface area contributed by atoms with Crippen molar-refractivity contribution in [3.8, 4) is 11.3 Å². The Labute approximate surface area is 174 Å². The van der Waals surface area contributed by atoms with Gasteiger partial charge >= 0.3 is 0 Å². The van der Waals surface area contributed by atoms with Crippen LogP contribution in [-0.4, -0.2) is 25.2 Å². The van der Waals surface area contributed by atoms with E-state index in [2.05, 4.69) is 14.9 Å². The number of fused-ring (bicyclic) bond motifs is 1. The number of thiophene rings is 1. The molecule has 29 heavy (non-hydrogen) atoms. The molecule has 152 valence electrons. The number of hydrogen-bond acceptors (Lipinski definition) is 5. The second kappa shape index (κ2) is 8.22. The van der Waals surface area contributed by atoms with Crippen molar-refractivity contribution in [1.82, 2.24) is 14.9 Å². The first-order valence-corrected chi connectivity index (χ1v) is 12.1. The van der Waals surface area contributed by atoms with Gasteiger partial charge in [-0.1, -0.05) is 18.2 Å². The molecule has 2 aromatic heterocycles. The zero-order chi connectivity index (χ0) is 20.4. The van der Waals surface area contributed by atoms with E-state index in [1.807, 2.05) is 23.6 Å². The standard InChI is InChI=1S/C21H23N3O3S2/c1-14-8-9-15(20-17-6-2-3-7-18(17)21(25)24-23-20)13-19(14)29(26,27)22-11-10-16-5-4-12-28-16/h4-5,8-9,12-13,22H,2-3,6-7,10-11H2,1H3,(H,24,25). The number of nitrogens with zero attached hydrogens (tertiary/aromatic N) is 1. The largest absolute Gasteiger partial charge is 0.268 e. The molecule has 0 saturated heterocycles. The van der Waals surface area contributed by atoms with Gasteiger partial charge in [0.15, 0.2) is 0 Å². The van der Waals surface area contributed by atoms with Gasteiger partial charge in [0.05, 0.1) is 10.6 Å². The Morgan fingerprint density at radius 3 is 2.72 bits per heavy atom. The molecule has 0 spiro atoms. The first kappa shape index (κ1) is 20.0. The first-order chi connectivity index (χ1) is 14.0. The Balaban J connectivity index is 1.65. The average Bonchev–Trinajstić information content (AvgIpc) is 3.22. The van der Waals surface area contributed by atoms with Gasteiger partial charge in [-0.15, -0.1) is 11.3 Å². The number of aryl methyl sites for hydroxylation is 1. The van der Waals surface area contributed by atoms with Crippen LogP contribution in [0.1, 0.15) is 34.4 Å². The maximum Gasteiger partial charge on any atom is 0.267 e. The van der Waals surface area contributed by atoms with Crippen LogP contribution in [0.15, 0.2) is 45.4 Å². The molecule has 0 atom stereocenters. The number of sulfonamides is 1. The molecule has 4 rings (SSSR count). The Bertz CT molecular complexity index is 1180. The lowest BCUT2D eigenvalue weighted by molar-refractivity contribution is 0.581. The molecule has 0 saturated carbocycles. The summed E-state index contributed by atoms with van der Waals surface area (Å²) < 4.78 is 28.5. The molecular formula is C21H23N3O3S2. The highest BCUT2D eigenvalue weighted by Gasteiger charge is 2.22. The average molecular weight is 430 g/mol. The molecule has 2 heterocycles. The van der Waals surface area contributed by atoms with E-state index in [0.29, 0.717) is 29.8 Å². The molecule has 3 aromatic rings. The normalized spacial score (nSPS) is 14.0. The second-order valence-electron chi connectivity index (χ2n) is 7.27. The summed E-state index contributed by atoms with van der Waals surface area (Å²) in [7, 11) is -3.65. The smallest absolute Gasteiger partial charge is 0.267 e. The van der Waals surface area contributed by atoms with Gasteiger partial charge in [0.25, 0.3) is 5.56 Å². The molecule has 1 aliphatic rings. The highest BCUT2D eigenvalue weighted by atomic mass is 32.2. The van der Waals surface area contributed by atoms with Crippen LogP contribution in [0.4, 0.5) is 0 Å². The van der Waals surface area contributed by atoms with Gasteiger partial charge in [-0.3, -0.25) is 4.79 Å². The molecule has 1 aliphatic carbocycles. The van der Waals surface area contributed by atoms with Crippen molar-refractivity contribution in [3.63, 3.8) is 0 Å². The van der Waals surface area contributed by atoms with Crippen LogP contribution in [0.2, 0.25) is 0 Å². The lowest BCUT2D eigenvalue weighted by Crippen LogP contribution is -2.26. The van der Waals surface area contributed by atoms with Gasteiger partial charge in [0.1, 0.15) is 0 Å². The van der Waals surface area contributed by atoms with Crippen molar-refractivity contribution in [2.24, 2.45) is 0 Å². The van der Waals surface area contributed by atoms with Crippen molar-refractivity contribution >= 4 is 21.4 Å².